The van der Waals surface area contributed by atoms with Crippen molar-refractivity contribution >= 4 is 22.9 Å². The van der Waals surface area contributed by atoms with Crippen molar-refractivity contribution in [2.45, 2.75) is 30.6 Å². The molecule has 0 radical (unpaired) electrons. The summed E-state index contributed by atoms with van der Waals surface area (Å²) in [4.78, 5) is 5.46. The monoisotopic (exact) mass is 325 g/mol. The number of allylic oxidation sites excluding steroid dienone is 2. The molecule has 118 valence electrons. The lowest BCUT2D eigenvalue weighted by Crippen LogP contribution is -1.99. The number of fused-ring (bicyclic) bond motifs is 1. The molecule has 0 amide bonds. The molecule has 1 aliphatic heterocycles. The Bertz CT molecular complexity index is 751. The van der Waals surface area contributed by atoms with Gasteiger partial charge in [0.25, 0.3) is 0 Å². The molecular weight excluding hydrogens is 305 g/mol. The van der Waals surface area contributed by atoms with E-state index in [1.54, 1.807) is 12.3 Å². The highest BCUT2D eigenvalue weighted by molar-refractivity contribution is 7.99. The fraction of sp³-hybridized carbons (Fsp3) is 0.250. The Balaban J connectivity index is 1.66. The van der Waals surface area contributed by atoms with Gasteiger partial charge in [-0.1, -0.05) is 25.3 Å². The van der Waals surface area contributed by atoms with Gasteiger partial charge >= 0.3 is 0 Å². The Labute approximate surface area is 141 Å². The average Bonchev–Trinajstić information content (AvgIpc) is 2.59. The first kappa shape index (κ1) is 16.0. The number of nitrogens with zero attached hydrogens (tertiary/aromatic N) is 1. The van der Waals surface area contributed by atoms with Gasteiger partial charge in [-0.05, 0) is 71.9 Å². The summed E-state index contributed by atoms with van der Waals surface area (Å²) in [5, 5.41) is 0. The van der Waals surface area contributed by atoms with Crippen LogP contribution in [0, 0.1) is 5.82 Å². The molecule has 2 heterocycles. The van der Waals surface area contributed by atoms with Gasteiger partial charge in [-0.3, -0.25) is 4.98 Å². The van der Waals surface area contributed by atoms with Crippen LogP contribution in [-0.2, 0) is 6.42 Å². The number of aryl methyl sites for hydroxylation is 1. The van der Waals surface area contributed by atoms with Gasteiger partial charge in [0.05, 0.1) is 0 Å². The van der Waals surface area contributed by atoms with Crippen LogP contribution < -0.4 is 0 Å². The van der Waals surface area contributed by atoms with Crippen molar-refractivity contribution in [3.05, 3.63) is 72.3 Å². The van der Waals surface area contributed by atoms with Crippen molar-refractivity contribution in [1.82, 2.24) is 4.98 Å². The van der Waals surface area contributed by atoms with Crippen LogP contribution in [0.15, 0.2) is 54.6 Å². The van der Waals surface area contributed by atoms with Crippen LogP contribution in [0.4, 0.5) is 4.39 Å². The molecule has 1 aromatic heterocycles. The molecule has 3 heteroatoms. The van der Waals surface area contributed by atoms with Gasteiger partial charge in [-0.2, -0.15) is 0 Å². The normalized spacial score (nSPS) is 13.4. The van der Waals surface area contributed by atoms with Gasteiger partial charge in [0, 0.05) is 11.1 Å². The number of thioether (sulfide) groups is 1. The summed E-state index contributed by atoms with van der Waals surface area (Å²) in [6, 6.07) is 9.62. The summed E-state index contributed by atoms with van der Waals surface area (Å²) < 4.78 is 13.7. The summed E-state index contributed by atoms with van der Waals surface area (Å²) in [7, 11) is 0. The maximum Gasteiger partial charge on any atom is 0.149 e. The molecule has 2 aromatic rings. The number of hydrogen-bond acceptors (Lipinski definition) is 2. The minimum absolute atomic E-state index is 0.312. The maximum absolute atomic E-state index is 13.7. The van der Waals surface area contributed by atoms with Gasteiger partial charge in [-0.25, -0.2) is 4.39 Å². The van der Waals surface area contributed by atoms with E-state index in [9.17, 15) is 4.39 Å². The van der Waals surface area contributed by atoms with Crippen molar-refractivity contribution < 1.29 is 4.39 Å². The van der Waals surface area contributed by atoms with Gasteiger partial charge in [0.1, 0.15) is 11.5 Å². The Morgan fingerprint density at radius 3 is 2.83 bits per heavy atom. The predicted molar refractivity (Wildman–Crippen MR) is 97.0 cm³/mol. The molecule has 0 saturated heterocycles. The lowest BCUT2D eigenvalue weighted by Gasteiger charge is -2.17. The van der Waals surface area contributed by atoms with E-state index < -0.39 is 0 Å². The smallest absolute Gasteiger partial charge is 0.149 e. The van der Waals surface area contributed by atoms with Crippen LogP contribution in [0.2, 0.25) is 0 Å². The second kappa shape index (κ2) is 7.14. The van der Waals surface area contributed by atoms with Gasteiger partial charge in [-0.15, -0.1) is 11.8 Å². The molecule has 0 aliphatic carbocycles. The zero-order chi connectivity index (χ0) is 16.2. The molecule has 1 aliphatic rings. The molecule has 3 rings (SSSR count). The SMILES string of the molecule is C=C(CCC(=C)c1ncccc1F)c1ccc2c(c1)SCCC2. The highest BCUT2D eigenvalue weighted by Crippen LogP contribution is 2.33. The molecule has 0 bridgehead atoms. The zero-order valence-corrected chi connectivity index (χ0v) is 14.0. The third-order valence-electron chi connectivity index (χ3n) is 4.15. The fourth-order valence-corrected chi connectivity index (χ4v) is 3.84. The summed E-state index contributed by atoms with van der Waals surface area (Å²) in [5.74, 6) is 0.881. The first-order valence-electron chi connectivity index (χ1n) is 7.87. The summed E-state index contributed by atoms with van der Waals surface area (Å²) in [6.07, 6.45) is 5.45. The van der Waals surface area contributed by atoms with Crippen LogP contribution in [-0.4, -0.2) is 10.7 Å². The van der Waals surface area contributed by atoms with Crippen molar-refractivity contribution in [2.24, 2.45) is 0 Å². The van der Waals surface area contributed by atoms with Crippen LogP contribution in [0.5, 0.6) is 0 Å². The van der Waals surface area contributed by atoms with E-state index in [-0.39, 0.29) is 5.82 Å². The maximum atomic E-state index is 13.7. The molecule has 23 heavy (non-hydrogen) atoms. The summed E-state index contributed by atoms with van der Waals surface area (Å²) in [6.45, 7) is 8.17. The van der Waals surface area contributed by atoms with Crippen molar-refractivity contribution in [3.8, 4) is 0 Å². The van der Waals surface area contributed by atoms with Crippen molar-refractivity contribution in [1.29, 1.82) is 0 Å². The molecule has 1 aromatic carbocycles. The first-order chi connectivity index (χ1) is 11.1. The minimum Gasteiger partial charge on any atom is -0.254 e. The summed E-state index contributed by atoms with van der Waals surface area (Å²) in [5.41, 5.74) is 4.76. The topological polar surface area (TPSA) is 12.9 Å². The van der Waals surface area contributed by atoms with Crippen LogP contribution in [0.25, 0.3) is 11.1 Å². The number of halogens is 1. The Morgan fingerprint density at radius 1 is 1.17 bits per heavy atom. The molecular formula is C20H20FNS. The molecule has 0 saturated carbocycles. The van der Waals surface area contributed by atoms with E-state index in [4.69, 9.17) is 0 Å². The summed E-state index contributed by atoms with van der Waals surface area (Å²) >= 11 is 1.93. The highest BCUT2D eigenvalue weighted by atomic mass is 32.2. The molecule has 0 unspecified atom stereocenters. The largest absolute Gasteiger partial charge is 0.254 e. The minimum atomic E-state index is -0.312. The van der Waals surface area contributed by atoms with Crippen LogP contribution >= 0.6 is 11.8 Å². The second-order valence-corrected chi connectivity index (χ2v) is 6.95. The van der Waals surface area contributed by atoms with E-state index in [0.29, 0.717) is 12.1 Å². The van der Waals surface area contributed by atoms with E-state index in [0.717, 1.165) is 17.6 Å². The number of hydrogen-bond donors (Lipinski definition) is 0. The Kier molecular flexibility index (Phi) is 4.97. The van der Waals surface area contributed by atoms with Crippen molar-refractivity contribution in [2.75, 3.05) is 5.75 Å². The van der Waals surface area contributed by atoms with Gasteiger partial charge < -0.3 is 0 Å². The van der Waals surface area contributed by atoms with Gasteiger partial charge in [0.2, 0.25) is 0 Å². The predicted octanol–water partition coefficient (Wildman–Crippen LogP) is 5.77. The molecule has 0 spiro atoms. The van der Waals surface area contributed by atoms with E-state index >= 15 is 0 Å². The highest BCUT2D eigenvalue weighted by Gasteiger charge is 2.12. The quantitative estimate of drug-likeness (QED) is 0.692. The molecule has 0 N–H and O–H groups in total. The first-order valence-corrected chi connectivity index (χ1v) is 8.86. The number of pyridine rings is 1. The third-order valence-corrected chi connectivity index (χ3v) is 5.33. The van der Waals surface area contributed by atoms with Crippen LogP contribution in [0.1, 0.15) is 36.1 Å². The second-order valence-electron chi connectivity index (χ2n) is 5.82. The van der Waals surface area contributed by atoms with E-state index in [2.05, 4.69) is 36.3 Å². The third kappa shape index (κ3) is 3.73. The van der Waals surface area contributed by atoms with Crippen LogP contribution in [0.3, 0.4) is 0 Å². The Morgan fingerprint density at radius 2 is 2.00 bits per heavy atom. The molecule has 0 fully saturated rings. The van der Waals surface area contributed by atoms with Gasteiger partial charge in [0.15, 0.2) is 0 Å². The van der Waals surface area contributed by atoms with Crippen molar-refractivity contribution in [3.63, 3.8) is 0 Å². The zero-order valence-electron chi connectivity index (χ0n) is 13.1. The number of rotatable bonds is 5. The number of aromatic nitrogens is 1. The standard InChI is InChI=1S/C20H20FNS/c1-14(7-8-15(2)20-18(21)6-3-11-22-20)17-10-9-16-5-4-12-23-19(16)13-17/h3,6,9-11,13H,1-2,4-5,7-8,12H2. The molecule has 1 nitrogen and oxygen atoms in total. The number of benzene rings is 1. The fourth-order valence-electron chi connectivity index (χ4n) is 2.77. The average molecular weight is 325 g/mol. The Hall–Kier alpha value is -1.87. The van der Waals surface area contributed by atoms with E-state index in [1.807, 2.05) is 11.8 Å². The van der Waals surface area contributed by atoms with E-state index in [1.165, 1.54) is 40.7 Å². The lowest BCUT2D eigenvalue weighted by molar-refractivity contribution is 0.615. The lowest BCUT2D eigenvalue weighted by atomic mass is 9.97. The molecule has 0 atom stereocenters.